The van der Waals surface area contributed by atoms with E-state index in [1.807, 2.05) is 36.4 Å². The van der Waals surface area contributed by atoms with Crippen LogP contribution in [0.25, 0.3) is 6.08 Å². The molecule has 0 spiro atoms. The average Bonchev–Trinajstić information content (AvgIpc) is 2.83. The van der Waals surface area contributed by atoms with Gasteiger partial charge in [-0.15, -0.1) is 0 Å². The zero-order valence-electron chi connectivity index (χ0n) is 26.8. The van der Waals surface area contributed by atoms with Crippen LogP contribution in [0.4, 0.5) is 0 Å². The van der Waals surface area contributed by atoms with E-state index in [1.54, 1.807) is 0 Å². The van der Waals surface area contributed by atoms with E-state index < -0.39 is 16.6 Å². The van der Waals surface area contributed by atoms with Gasteiger partial charge in [-0.05, 0) is 44.9 Å². The summed E-state index contributed by atoms with van der Waals surface area (Å²) in [6, 6.07) is 7.62. The van der Waals surface area contributed by atoms with Crippen molar-refractivity contribution < 1.29 is 18.4 Å². The van der Waals surface area contributed by atoms with E-state index >= 15 is 0 Å². The van der Waals surface area contributed by atoms with E-state index in [1.165, 1.54) is 0 Å². The van der Waals surface area contributed by atoms with Crippen molar-refractivity contribution in [1.29, 1.82) is 0 Å². The number of carbonyl (C=O) groups excluding carboxylic acids is 1. The largest absolute Gasteiger partial charge is 0.462 e. The number of rotatable bonds is 10. The highest BCUT2D eigenvalue weighted by Crippen LogP contribution is 2.46. The molecule has 1 aliphatic heterocycles. The van der Waals surface area contributed by atoms with E-state index in [4.69, 9.17) is 13.6 Å². The first-order valence-corrected chi connectivity index (χ1v) is 19.5. The number of benzene rings is 1. The van der Waals surface area contributed by atoms with Crippen LogP contribution >= 0.6 is 0 Å². The molecule has 0 saturated carbocycles. The SMILES string of the molecule is CC(C)[Si](O[C@H]1/C=C/C=C/c2ccccc2C(=O)OCC[C@@H]1O[Si](C(C)C)(C(C)C)C(C)C)(C(C)C)C(C)C. The molecule has 0 N–H and O–H groups in total. The van der Waals surface area contributed by atoms with Gasteiger partial charge in [0.05, 0.1) is 24.4 Å². The zero-order chi connectivity index (χ0) is 29.5. The summed E-state index contributed by atoms with van der Waals surface area (Å²) < 4.78 is 20.8. The molecule has 39 heavy (non-hydrogen) atoms. The minimum Gasteiger partial charge on any atom is -0.462 e. The average molecular weight is 573 g/mol. The highest BCUT2D eigenvalue weighted by Gasteiger charge is 2.50. The van der Waals surface area contributed by atoms with Gasteiger partial charge in [-0.3, -0.25) is 0 Å². The second-order valence-corrected chi connectivity index (χ2v) is 23.9. The first-order chi connectivity index (χ1) is 18.2. The lowest BCUT2D eigenvalue weighted by Gasteiger charge is -2.49. The highest BCUT2D eigenvalue weighted by molar-refractivity contribution is 6.78. The number of esters is 1. The van der Waals surface area contributed by atoms with Gasteiger partial charge < -0.3 is 13.6 Å². The van der Waals surface area contributed by atoms with Crippen molar-refractivity contribution in [2.45, 2.75) is 135 Å². The molecule has 6 heteroatoms. The van der Waals surface area contributed by atoms with Crippen molar-refractivity contribution in [2.75, 3.05) is 6.61 Å². The Morgan fingerprint density at radius 2 is 1.21 bits per heavy atom. The molecule has 4 nitrogen and oxygen atoms in total. The van der Waals surface area contributed by atoms with Gasteiger partial charge in [-0.25, -0.2) is 4.79 Å². The Morgan fingerprint density at radius 3 is 1.72 bits per heavy atom. The number of hydrogen-bond acceptors (Lipinski definition) is 4. The lowest BCUT2D eigenvalue weighted by Crippen LogP contribution is -2.56. The van der Waals surface area contributed by atoms with E-state index in [0.717, 1.165) is 5.56 Å². The molecule has 2 rings (SSSR count). The molecule has 1 aromatic rings. The smallest absolute Gasteiger partial charge is 0.338 e. The third-order valence-electron chi connectivity index (χ3n) is 8.98. The summed E-state index contributed by atoms with van der Waals surface area (Å²) in [5, 5.41) is 0. The lowest BCUT2D eigenvalue weighted by molar-refractivity contribution is 0.0229. The third-order valence-corrected chi connectivity index (χ3v) is 21.2. The Balaban J connectivity index is 2.69. The maximum absolute atomic E-state index is 13.1. The molecule has 0 bridgehead atoms. The fourth-order valence-electron chi connectivity index (χ4n) is 7.35. The number of ether oxygens (including phenoxy) is 1. The van der Waals surface area contributed by atoms with Gasteiger partial charge in [0.1, 0.15) is 0 Å². The fourth-order valence-corrected chi connectivity index (χ4v) is 18.5. The van der Waals surface area contributed by atoms with E-state index in [0.29, 0.717) is 51.8 Å². The van der Waals surface area contributed by atoms with Crippen LogP contribution in [0, 0.1) is 0 Å². The molecule has 0 fully saturated rings. The van der Waals surface area contributed by atoms with Crippen molar-refractivity contribution in [3.63, 3.8) is 0 Å². The molecule has 1 aromatic carbocycles. The minimum absolute atomic E-state index is 0.195. The Bertz CT molecular complexity index is 934. The van der Waals surface area contributed by atoms with Crippen LogP contribution in [0.15, 0.2) is 42.5 Å². The zero-order valence-corrected chi connectivity index (χ0v) is 28.8. The van der Waals surface area contributed by atoms with Crippen LogP contribution in [0.1, 0.15) is 105 Å². The quantitative estimate of drug-likeness (QED) is 0.207. The molecule has 0 amide bonds. The molecular weight excluding hydrogens is 517 g/mol. The second-order valence-electron chi connectivity index (χ2n) is 13.1. The van der Waals surface area contributed by atoms with Crippen LogP contribution in [0.2, 0.25) is 33.2 Å². The van der Waals surface area contributed by atoms with Crippen LogP contribution in [-0.4, -0.2) is 41.4 Å². The summed E-state index contributed by atoms with van der Waals surface area (Å²) in [6.07, 6.45) is 8.49. The number of allylic oxidation sites excluding steroid dienone is 2. The maximum Gasteiger partial charge on any atom is 0.338 e. The first-order valence-electron chi connectivity index (χ1n) is 15.2. The summed E-state index contributed by atoms with van der Waals surface area (Å²) in [4.78, 5) is 13.1. The van der Waals surface area contributed by atoms with E-state index in [2.05, 4.69) is 95.2 Å². The molecule has 0 unspecified atom stereocenters. The molecular formula is C33H56O4Si2. The maximum atomic E-state index is 13.1. The van der Waals surface area contributed by atoms with Crippen LogP contribution in [0.3, 0.4) is 0 Å². The third kappa shape index (κ3) is 7.43. The van der Waals surface area contributed by atoms with Crippen molar-refractivity contribution in [1.82, 2.24) is 0 Å². The minimum atomic E-state index is -2.24. The highest BCUT2D eigenvalue weighted by atomic mass is 28.4. The summed E-state index contributed by atoms with van der Waals surface area (Å²) in [5.41, 5.74) is 4.15. The van der Waals surface area contributed by atoms with E-state index in [-0.39, 0.29) is 18.2 Å². The van der Waals surface area contributed by atoms with Gasteiger partial charge in [0.15, 0.2) is 0 Å². The molecule has 1 aliphatic rings. The summed E-state index contributed by atoms with van der Waals surface area (Å²) in [6.45, 7) is 28.2. The second kappa shape index (κ2) is 14.4. The van der Waals surface area contributed by atoms with Gasteiger partial charge in [-0.2, -0.15) is 0 Å². The van der Waals surface area contributed by atoms with E-state index in [9.17, 15) is 4.79 Å². The number of fused-ring (bicyclic) bond motifs is 1. The Kier molecular flexibility index (Phi) is 12.5. The molecule has 0 radical (unpaired) electrons. The van der Waals surface area contributed by atoms with Crippen molar-refractivity contribution in [3.05, 3.63) is 53.6 Å². The summed E-state index contributed by atoms with van der Waals surface area (Å²) >= 11 is 0. The Hall–Kier alpha value is -1.48. The number of cyclic esters (lactones) is 1. The van der Waals surface area contributed by atoms with Crippen molar-refractivity contribution >= 4 is 28.7 Å². The monoisotopic (exact) mass is 572 g/mol. The topological polar surface area (TPSA) is 44.8 Å². The molecule has 0 aromatic heterocycles. The van der Waals surface area contributed by atoms with Gasteiger partial charge in [0.25, 0.3) is 0 Å². The summed E-state index contributed by atoms with van der Waals surface area (Å²) in [5.74, 6) is -0.286. The Labute approximate surface area is 241 Å². The van der Waals surface area contributed by atoms with Gasteiger partial charge in [0.2, 0.25) is 16.6 Å². The van der Waals surface area contributed by atoms with Gasteiger partial charge in [-0.1, -0.05) is 126 Å². The number of carbonyl (C=O) groups is 1. The predicted octanol–water partition coefficient (Wildman–Crippen LogP) is 9.94. The van der Waals surface area contributed by atoms with Crippen molar-refractivity contribution in [2.24, 2.45) is 0 Å². The lowest BCUT2D eigenvalue weighted by atomic mass is 10.1. The van der Waals surface area contributed by atoms with Crippen molar-refractivity contribution in [3.8, 4) is 0 Å². The Morgan fingerprint density at radius 1 is 0.718 bits per heavy atom. The van der Waals surface area contributed by atoms with Gasteiger partial charge in [0, 0.05) is 6.42 Å². The number of hydrogen-bond donors (Lipinski definition) is 0. The fraction of sp³-hybridized carbons (Fsp3) is 0.667. The predicted molar refractivity (Wildman–Crippen MR) is 171 cm³/mol. The summed E-state index contributed by atoms with van der Waals surface area (Å²) in [7, 11) is -4.46. The first kappa shape index (κ1) is 33.7. The van der Waals surface area contributed by atoms with Crippen LogP contribution < -0.4 is 0 Å². The molecule has 220 valence electrons. The molecule has 0 saturated heterocycles. The van der Waals surface area contributed by atoms with Crippen LogP contribution in [0.5, 0.6) is 0 Å². The molecule has 2 atom stereocenters. The molecule has 1 heterocycles. The molecule has 0 aliphatic carbocycles. The van der Waals surface area contributed by atoms with Gasteiger partial charge >= 0.3 is 5.97 Å². The normalized spacial score (nSPS) is 21.3. The standard InChI is InChI=1S/C33H56O4Si2/c1-23(2)38(24(3)4,25(5)6)36-31-20-16-14-18-29-17-13-15-19-30(29)33(34)35-22-21-32(31)37-39(26(7)8,27(9)10)28(11)12/h13-20,23-28,31-32H,21-22H2,1-12H3/b18-14+,20-16+/t31-,32-/m0/s1. The van der Waals surface area contributed by atoms with Crippen LogP contribution in [-0.2, 0) is 13.6 Å².